The number of nitrogens with one attached hydrogen (secondary N) is 2. The average Bonchev–Trinajstić information content (AvgIpc) is 3.29. The van der Waals surface area contributed by atoms with E-state index in [-0.39, 0.29) is 0 Å². The summed E-state index contributed by atoms with van der Waals surface area (Å²) >= 11 is 0. The number of anilines is 4. The van der Waals surface area contributed by atoms with E-state index in [1.165, 1.54) is 36.9 Å². The summed E-state index contributed by atoms with van der Waals surface area (Å²) in [5.74, 6) is 1.78. The molecule has 0 spiro atoms. The monoisotopic (exact) mass is 393 g/mol. The van der Waals surface area contributed by atoms with Gasteiger partial charge < -0.3 is 20.0 Å². The molecule has 5 rings (SSSR count). The molecule has 2 fully saturated rings. The van der Waals surface area contributed by atoms with Crippen LogP contribution in [0.2, 0.25) is 0 Å². The van der Waals surface area contributed by atoms with Crippen molar-refractivity contribution in [3.63, 3.8) is 0 Å². The molecule has 0 bridgehead atoms. The van der Waals surface area contributed by atoms with Gasteiger partial charge >= 0.3 is 0 Å². The topological polar surface area (TPSA) is 59.6 Å². The Hall–Kier alpha value is -2.38. The first kappa shape index (κ1) is 18.6. The molecule has 0 amide bonds. The lowest BCUT2D eigenvalue weighted by atomic mass is 10.1. The van der Waals surface area contributed by atoms with Crippen molar-refractivity contribution < 1.29 is 0 Å². The van der Waals surface area contributed by atoms with Crippen molar-refractivity contribution in [3.8, 4) is 0 Å². The van der Waals surface area contributed by atoms with E-state index in [1.54, 1.807) is 0 Å². The van der Waals surface area contributed by atoms with Gasteiger partial charge in [-0.25, -0.2) is 4.98 Å². The van der Waals surface area contributed by atoms with Gasteiger partial charge in [-0.1, -0.05) is 12.8 Å². The third-order valence-corrected chi connectivity index (χ3v) is 6.47. The minimum atomic E-state index is 0.604. The molecule has 2 N–H and O–H groups in total. The molecule has 29 heavy (non-hydrogen) atoms. The Kier molecular flexibility index (Phi) is 5.24. The van der Waals surface area contributed by atoms with E-state index in [4.69, 9.17) is 4.98 Å². The highest BCUT2D eigenvalue weighted by Crippen LogP contribution is 2.31. The van der Waals surface area contributed by atoms with Crippen LogP contribution in [0.3, 0.4) is 0 Å². The summed E-state index contributed by atoms with van der Waals surface area (Å²) in [7, 11) is 2.19. The molecule has 1 aromatic heterocycles. The van der Waals surface area contributed by atoms with Crippen LogP contribution in [-0.4, -0.2) is 60.8 Å². The van der Waals surface area contributed by atoms with E-state index >= 15 is 0 Å². The fourth-order valence-corrected chi connectivity index (χ4v) is 4.68. The SMILES string of the molecule is CN1CCN(c2ccc(Nc3ncc4c(n3)N(C3CCCC3)CNC4)cc2)CC1. The van der Waals surface area contributed by atoms with Crippen molar-refractivity contribution >= 4 is 23.1 Å². The number of rotatable bonds is 4. The molecule has 0 unspecified atom stereocenters. The number of hydrogen-bond donors (Lipinski definition) is 2. The Balaban J connectivity index is 1.30. The van der Waals surface area contributed by atoms with Crippen LogP contribution in [0.25, 0.3) is 0 Å². The first-order chi connectivity index (χ1) is 14.3. The average molecular weight is 394 g/mol. The number of nitrogens with zero attached hydrogens (tertiary/aromatic N) is 5. The maximum atomic E-state index is 4.90. The molecule has 7 heteroatoms. The van der Waals surface area contributed by atoms with Crippen molar-refractivity contribution in [2.45, 2.75) is 38.3 Å². The van der Waals surface area contributed by atoms with Crippen LogP contribution < -0.4 is 20.4 Å². The fourth-order valence-electron chi connectivity index (χ4n) is 4.68. The van der Waals surface area contributed by atoms with Gasteiger partial charge in [0, 0.05) is 61.9 Å². The minimum Gasteiger partial charge on any atom is -0.369 e. The maximum absolute atomic E-state index is 4.90. The summed E-state index contributed by atoms with van der Waals surface area (Å²) in [5, 5.41) is 6.90. The van der Waals surface area contributed by atoms with Crippen molar-refractivity contribution in [2.24, 2.45) is 0 Å². The molecule has 1 saturated heterocycles. The lowest BCUT2D eigenvalue weighted by molar-refractivity contribution is 0.313. The number of aromatic nitrogens is 2. The van der Waals surface area contributed by atoms with E-state index in [1.807, 2.05) is 6.20 Å². The third kappa shape index (κ3) is 4.02. The number of hydrogen-bond acceptors (Lipinski definition) is 7. The van der Waals surface area contributed by atoms with Gasteiger partial charge in [-0.2, -0.15) is 4.98 Å². The Morgan fingerprint density at radius 1 is 1.03 bits per heavy atom. The predicted octanol–water partition coefficient (Wildman–Crippen LogP) is 2.78. The fraction of sp³-hybridized carbons (Fsp3) is 0.545. The highest BCUT2D eigenvalue weighted by molar-refractivity contribution is 5.61. The lowest BCUT2D eigenvalue weighted by Crippen LogP contribution is -2.45. The highest BCUT2D eigenvalue weighted by Gasteiger charge is 2.28. The predicted molar refractivity (Wildman–Crippen MR) is 118 cm³/mol. The van der Waals surface area contributed by atoms with Crippen molar-refractivity contribution in [2.75, 3.05) is 55.0 Å². The van der Waals surface area contributed by atoms with E-state index in [2.05, 4.69) is 61.6 Å². The highest BCUT2D eigenvalue weighted by atomic mass is 15.3. The second-order valence-corrected chi connectivity index (χ2v) is 8.50. The molecule has 7 nitrogen and oxygen atoms in total. The van der Waals surface area contributed by atoms with Crippen LogP contribution in [0.4, 0.5) is 23.1 Å². The van der Waals surface area contributed by atoms with Crippen LogP contribution in [0.5, 0.6) is 0 Å². The quantitative estimate of drug-likeness (QED) is 0.828. The van der Waals surface area contributed by atoms with Gasteiger partial charge in [0.25, 0.3) is 0 Å². The summed E-state index contributed by atoms with van der Waals surface area (Å²) < 4.78 is 0. The van der Waals surface area contributed by atoms with Crippen LogP contribution in [-0.2, 0) is 6.54 Å². The summed E-state index contributed by atoms with van der Waals surface area (Å²) in [6, 6.07) is 9.26. The molecule has 154 valence electrons. The molecule has 0 radical (unpaired) electrons. The number of benzene rings is 1. The van der Waals surface area contributed by atoms with Gasteiger partial charge in [0.1, 0.15) is 5.82 Å². The number of likely N-dealkylation sites (N-methyl/N-ethyl adjacent to an activating group) is 1. The van der Waals surface area contributed by atoms with Crippen molar-refractivity contribution in [1.82, 2.24) is 20.2 Å². The van der Waals surface area contributed by atoms with Gasteiger partial charge in [-0.3, -0.25) is 5.32 Å². The van der Waals surface area contributed by atoms with E-state index in [0.29, 0.717) is 12.0 Å². The Labute approximate surface area is 173 Å². The zero-order chi connectivity index (χ0) is 19.6. The second kappa shape index (κ2) is 8.16. The van der Waals surface area contributed by atoms with Gasteiger partial charge in [0.2, 0.25) is 5.95 Å². The first-order valence-electron chi connectivity index (χ1n) is 10.9. The van der Waals surface area contributed by atoms with Gasteiger partial charge in [-0.15, -0.1) is 0 Å². The number of piperazine rings is 1. The lowest BCUT2D eigenvalue weighted by Gasteiger charge is -2.35. The normalized spacial score (nSPS) is 20.7. The molecule has 0 atom stereocenters. The zero-order valence-electron chi connectivity index (χ0n) is 17.3. The van der Waals surface area contributed by atoms with Gasteiger partial charge in [0.15, 0.2) is 0 Å². The standard InChI is InChI=1S/C22H31N7/c1-27-10-12-28(13-11-27)19-8-6-18(7-9-19)25-22-24-15-17-14-23-16-29(21(17)26-22)20-4-2-3-5-20/h6-9,15,20,23H,2-5,10-14,16H2,1H3,(H,24,25,26). The molecule has 2 aromatic rings. The Morgan fingerprint density at radius 2 is 1.79 bits per heavy atom. The number of fused-ring (bicyclic) bond motifs is 1. The van der Waals surface area contributed by atoms with Crippen LogP contribution in [0.1, 0.15) is 31.2 Å². The minimum absolute atomic E-state index is 0.604. The zero-order valence-corrected chi connectivity index (χ0v) is 17.3. The molecule has 3 aliphatic rings. The molecule has 1 aliphatic carbocycles. The summed E-state index contributed by atoms with van der Waals surface area (Å²) in [6.07, 6.45) is 7.15. The van der Waals surface area contributed by atoms with Crippen LogP contribution in [0, 0.1) is 0 Å². The smallest absolute Gasteiger partial charge is 0.229 e. The van der Waals surface area contributed by atoms with E-state index in [0.717, 1.165) is 50.9 Å². The summed E-state index contributed by atoms with van der Waals surface area (Å²) in [4.78, 5) is 16.7. The van der Waals surface area contributed by atoms with E-state index < -0.39 is 0 Å². The molecule has 3 heterocycles. The first-order valence-corrected chi connectivity index (χ1v) is 10.9. The van der Waals surface area contributed by atoms with Crippen molar-refractivity contribution in [3.05, 3.63) is 36.0 Å². The van der Waals surface area contributed by atoms with Gasteiger partial charge in [0.05, 0.1) is 6.67 Å². The molecule has 1 saturated carbocycles. The van der Waals surface area contributed by atoms with E-state index in [9.17, 15) is 0 Å². The van der Waals surface area contributed by atoms with Crippen LogP contribution >= 0.6 is 0 Å². The van der Waals surface area contributed by atoms with Crippen LogP contribution in [0.15, 0.2) is 30.5 Å². The van der Waals surface area contributed by atoms with Gasteiger partial charge in [-0.05, 0) is 44.2 Å². The molecule has 2 aliphatic heterocycles. The summed E-state index contributed by atoms with van der Waals surface area (Å²) in [6.45, 7) is 6.14. The molecule has 1 aromatic carbocycles. The molecular formula is C22H31N7. The third-order valence-electron chi connectivity index (χ3n) is 6.47. The Bertz CT molecular complexity index is 824. The summed E-state index contributed by atoms with van der Waals surface area (Å²) in [5.41, 5.74) is 3.51. The second-order valence-electron chi connectivity index (χ2n) is 8.50. The molecular weight excluding hydrogens is 362 g/mol. The Morgan fingerprint density at radius 3 is 2.55 bits per heavy atom. The largest absolute Gasteiger partial charge is 0.369 e. The van der Waals surface area contributed by atoms with Crippen molar-refractivity contribution in [1.29, 1.82) is 0 Å². The maximum Gasteiger partial charge on any atom is 0.229 e.